The summed E-state index contributed by atoms with van der Waals surface area (Å²) < 4.78 is 13.9. The van der Waals surface area contributed by atoms with Crippen LogP contribution in [0.25, 0.3) is 11.4 Å². The Kier molecular flexibility index (Phi) is 4.02. The summed E-state index contributed by atoms with van der Waals surface area (Å²) in [6.07, 6.45) is 0.920. The zero-order chi connectivity index (χ0) is 15.5. The summed E-state index contributed by atoms with van der Waals surface area (Å²) in [6, 6.07) is 13.9. The number of aldehydes is 1. The highest BCUT2D eigenvalue weighted by Crippen LogP contribution is 2.21. The molecule has 1 aromatic heterocycles. The number of hydrogen-bond donors (Lipinski definition) is 1. The van der Waals surface area contributed by atoms with Crippen LogP contribution < -0.4 is 0 Å². The van der Waals surface area contributed by atoms with Crippen molar-refractivity contribution in [3.8, 4) is 11.4 Å². The smallest absolute Gasteiger partial charge is 0.170 e. The van der Waals surface area contributed by atoms with Crippen LogP contribution in [0.4, 0.5) is 4.39 Å². The Hall–Kier alpha value is -2.46. The summed E-state index contributed by atoms with van der Waals surface area (Å²) >= 11 is 5.75. The molecule has 0 saturated heterocycles. The molecular weight excluding hydrogens is 303 g/mol. The zero-order valence-electron chi connectivity index (χ0n) is 11.5. The first-order valence-electron chi connectivity index (χ1n) is 6.71. The van der Waals surface area contributed by atoms with Gasteiger partial charge in [0.25, 0.3) is 0 Å². The van der Waals surface area contributed by atoms with Crippen molar-refractivity contribution < 1.29 is 9.18 Å². The minimum Gasteiger partial charge on any atom is -0.341 e. The Balaban J connectivity index is 1.97. The van der Waals surface area contributed by atoms with Crippen molar-refractivity contribution in [1.29, 1.82) is 0 Å². The van der Waals surface area contributed by atoms with Crippen LogP contribution in [0.3, 0.4) is 0 Å². The van der Waals surface area contributed by atoms with E-state index in [0.29, 0.717) is 28.4 Å². The highest BCUT2D eigenvalue weighted by Gasteiger charge is 2.13. The van der Waals surface area contributed by atoms with Crippen LogP contribution in [0.1, 0.15) is 21.7 Å². The van der Waals surface area contributed by atoms with Gasteiger partial charge in [-0.05, 0) is 17.7 Å². The van der Waals surface area contributed by atoms with Crippen LogP contribution in [0, 0.1) is 5.82 Å². The predicted molar refractivity (Wildman–Crippen MR) is 83.6 cm³/mol. The topological polar surface area (TPSA) is 45.8 Å². The highest BCUT2D eigenvalue weighted by atomic mass is 35.5. The second-order valence-corrected chi connectivity index (χ2v) is 5.28. The van der Waals surface area contributed by atoms with Crippen LogP contribution in [0.15, 0.2) is 48.5 Å². The Morgan fingerprint density at radius 1 is 1.18 bits per heavy atom. The van der Waals surface area contributed by atoms with Crippen LogP contribution >= 0.6 is 11.6 Å². The van der Waals surface area contributed by atoms with E-state index in [0.717, 1.165) is 5.56 Å². The van der Waals surface area contributed by atoms with Gasteiger partial charge in [0.1, 0.15) is 17.3 Å². The molecule has 0 aliphatic rings. The first-order chi connectivity index (χ1) is 10.7. The minimum atomic E-state index is -0.403. The molecule has 110 valence electrons. The van der Waals surface area contributed by atoms with E-state index >= 15 is 0 Å². The summed E-state index contributed by atoms with van der Waals surface area (Å²) in [5, 5.41) is 0.339. The van der Waals surface area contributed by atoms with E-state index < -0.39 is 5.82 Å². The number of benzene rings is 2. The molecule has 0 aliphatic carbocycles. The fourth-order valence-corrected chi connectivity index (χ4v) is 2.40. The van der Waals surface area contributed by atoms with Gasteiger partial charge in [-0.15, -0.1) is 0 Å². The number of nitrogens with one attached hydrogen (secondary N) is 1. The van der Waals surface area contributed by atoms with Gasteiger partial charge in [0.05, 0.1) is 5.69 Å². The highest BCUT2D eigenvalue weighted by molar-refractivity contribution is 6.30. The third kappa shape index (κ3) is 2.92. The Labute approximate surface area is 131 Å². The number of rotatable bonds is 4. The molecule has 0 saturated carbocycles. The van der Waals surface area contributed by atoms with Crippen LogP contribution in [0.2, 0.25) is 5.02 Å². The summed E-state index contributed by atoms with van der Waals surface area (Å²) in [5.74, 6) is 0.187. The molecule has 22 heavy (non-hydrogen) atoms. The van der Waals surface area contributed by atoms with Crippen LogP contribution in [-0.2, 0) is 6.42 Å². The Morgan fingerprint density at radius 3 is 2.64 bits per heavy atom. The molecule has 1 heterocycles. The number of halogens is 2. The van der Waals surface area contributed by atoms with Gasteiger partial charge in [-0.2, -0.15) is 0 Å². The molecule has 2 aromatic carbocycles. The molecule has 1 N–H and O–H groups in total. The van der Waals surface area contributed by atoms with Gasteiger partial charge in [0.15, 0.2) is 6.29 Å². The van der Waals surface area contributed by atoms with Crippen LogP contribution in [0.5, 0.6) is 0 Å². The van der Waals surface area contributed by atoms with E-state index in [1.807, 2.05) is 30.3 Å². The van der Waals surface area contributed by atoms with Crippen molar-refractivity contribution in [2.24, 2.45) is 0 Å². The van der Waals surface area contributed by atoms with Crippen molar-refractivity contribution in [1.82, 2.24) is 9.97 Å². The largest absolute Gasteiger partial charge is 0.341 e. The average molecular weight is 315 g/mol. The van der Waals surface area contributed by atoms with Crippen molar-refractivity contribution >= 4 is 17.9 Å². The fraction of sp³-hybridized carbons (Fsp3) is 0.0588. The summed E-state index contributed by atoms with van der Waals surface area (Å²) in [6.45, 7) is 0. The van der Waals surface area contributed by atoms with Gasteiger partial charge in [0.2, 0.25) is 0 Å². The van der Waals surface area contributed by atoms with Crippen molar-refractivity contribution in [2.45, 2.75) is 6.42 Å². The van der Waals surface area contributed by atoms with Gasteiger partial charge in [-0.25, -0.2) is 9.37 Å². The molecular formula is C17H12ClFN2O. The van der Waals surface area contributed by atoms with Crippen molar-refractivity contribution in [3.63, 3.8) is 0 Å². The Bertz CT molecular complexity index is 815. The van der Waals surface area contributed by atoms with Gasteiger partial charge >= 0.3 is 0 Å². The van der Waals surface area contributed by atoms with Crippen molar-refractivity contribution in [3.05, 3.63) is 76.3 Å². The van der Waals surface area contributed by atoms with Crippen LogP contribution in [-0.4, -0.2) is 16.3 Å². The average Bonchev–Trinajstić information content (AvgIpc) is 2.94. The SMILES string of the molecule is O=Cc1nc(-c2ccccc2)[nH]c1Cc1ccc(Cl)cc1F. The molecule has 0 spiro atoms. The number of nitrogens with zero attached hydrogens (tertiary/aromatic N) is 1. The summed E-state index contributed by atoms with van der Waals surface area (Å²) in [5.41, 5.74) is 2.19. The van der Waals surface area contributed by atoms with Gasteiger partial charge < -0.3 is 4.98 Å². The molecule has 0 fully saturated rings. The molecule has 3 nitrogen and oxygen atoms in total. The summed E-state index contributed by atoms with van der Waals surface area (Å²) in [7, 11) is 0. The Morgan fingerprint density at radius 2 is 1.95 bits per heavy atom. The predicted octanol–water partition coefficient (Wildman–Crippen LogP) is 4.27. The fourth-order valence-electron chi connectivity index (χ4n) is 2.24. The molecule has 3 aromatic rings. The minimum absolute atomic E-state index is 0.247. The van der Waals surface area contributed by atoms with E-state index in [1.165, 1.54) is 6.07 Å². The lowest BCUT2D eigenvalue weighted by molar-refractivity contribution is 0.111. The molecule has 0 bridgehead atoms. The quantitative estimate of drug-likeness (QED) is 0.731. The number of aromatic nitrogens is 2. The first-order valence-corrected chi connectivity index (χ1v) is 7.08. The number of carbonyl (C=O) groups is 1. The maximum Gasteiger partial charge on any atom is 0.170 e. The lowest BCUT2D eigenvalue weighted by atomic mass is 10.1. The number of carbonyl (C=O) groups excluding carboxylic acids is 1. The lowest BCUT2D eigenvalue weighted by Crippen LogP contribution is -1.96. The first kappa shape index (κ1) is 14.5. The maximum atomic E-state index is 13.9. The molecule has 0 radical (unpaired) electrons. The van der Waals surface area contributed by atoms with E-state index in [9.17, 15) is 9.18 Å². The van der Waals surface area contributed by atoms with E-state index in [4.69, 9.17) is 11.6 Å². The molecule has 0 atom stereocenters. The van der Waals surface area contributed by atoms with Gasteiger partial charge in [-0.1, -0.05) is 48.0 Å². The normalized spacial score (nSPS) is 10.6. The lowest BCUT2D eigenvalue weighted by Gasteiger charge is -2.02. The molecule has 0 amide bonds. The second-order valence-electron chi connectivity index (χ2n) is 4.85. The van der Waals surface area contributed by atoms with E-state index in [-0.39, 0.29) is 12.1 Å². The standard InChI is InChI=1S/C17H12ClFN2O/c18-13-7-6-12(14(19)9-13)8-15-16(10-22)21-17(20-15)11-4-2-1-3-5-11/h1-7,9-10H,8H2,(H,20,21). The summed E-state index contributed by atoms with van der Waals surface area (Å²) in [4.78, 5) is 18.6. The number of aromatic amines is 1. The number of imidazole rings is 1. The number of hydrogen-bond acceptors (Lipinski definition) is 2. The monoisotopic (exact) mass is 314 g/mol. The third-order valence-electron chi connectivity index (χ3n) is 3.35. The molecule has 5 heteroatoms. The van der Waals surface area contributed by atoms with E-state index in [1.54, 1.807) is 12.1 Å². The third-order valence-corrected chi connectivity index (χ3v) is 3.59. The molecule has 0 unspecified atom stereocenters. The van der Waals surface area contributed by atoms with Crippen molar-refractivity contribution in [2.75, 3.05) is 0 Å². The maximum absolute atomic E-state index is 13.9. The zero-order valence-corrected chi connectivity index (χ0v) is 12.3. The second kappa shape index (κ2) is 6.12. The molecule has 0 aliphatic heterocycles. The number of H-pyrrole nitrogens is 1. The molecule has 3 rings (SSSR count). The van der Waals surface area contributed by atoms with E-state index in [2.05, 4.69) is 9.97 Å². The van der Waals surface area contributed by atoms with Gasteiger partial charge in [0, 0.05) is 17.0 Å². The van der Waals surface area contributed by atoms with Gasteiger partial charge in [-0.3, -0.25) is 4.79 Å².